The third kappa shape index (κ3) is 2.74. The molecule has 2 fully saturated rings. The van der Waals surface area contributed by atoms with Crippen molar-refractivity contribution >= 4 is 10.2 Å². The van der Waals surface area contributed by atoms with E-state index in [-0.39, 0.29) is 18.1 Å². The minimum atomic E-state index is -3.31. The molecule has 1 saturated heterocycles. The highest BCUT2D eigenvalue weighted by Crippen LogP contribution is 2.25. The molecule has 2 unspecified atom stereocenters. The van der Waals surface area contributed by atoms with Crippen LogP contribution in [0.4, 0.5) is 0 Å². The van der Waals surface area contributed by atoms with Gasteiger partial charge in [-0.2, -0.15) is 17.4 Å². The van der Waals surface area contributed by atoms with Gasteiger partial charge in [0.1, 0.15) is 0 Å². The molecule has 1 aliphatic heterocycles. The Hall–Kier alpha value is -0.170. The molecule has 1 aliphatic carbocycles. The van der Waals surface area contributed by atoms with E-state index < -0.39 is 10.2 Å². The van der Waals surface area contributed by atoms with Crippen molar-refractivity contribution in [1.29, 1.82) is 0 Å². The minimum Gasteiger partial charge on any atom is -0.326 e. The summed E-state index contributed by atoms with van der Waals surface area (Å²) < 4.78 is 28.5. The Morgan fingerprint density at radius 2 is 2.00 bits per heavy atom. The molecular weight excluding hydrogens is 226 g/mol. The lowest BCUT2D eigenvalue weighted by Crippen LogP contribution is -2.55. The first-order chi connectivity index (χ1) is 7.50. The lowest BCUT2D eigenvalue weighted by Gasteiger charge is -2.36. The molecule has 0 bridgehead atoms. The Morgan fingerprint density at radius 3 is 2.56 bits per heavy atom. The van der Waals surface area contributed by atoms with Crippen LogP contribution in [0.2, 0.25) is 0 Å². The van der Waals surface area contributed by atoms with Gasteiger partial charge in [0.25, 0.3) is 10.2 Å². The zero-order chi connectivity index (χ0) is 11.8. The van der Waals surface area contributed by atoms with E-state index in [0.29, 0.717) is 6.54 Å². The number of piperidine rings is 1. The van der Waals surface area contributed by atoms with Crippen LogP contribution in [0.25, 0.3) is 0 Å². The summed E-state index contributed by atoms with van der Waals surface area (Å²) >= 11 is 0. The Kier molecular flexibility index (Phi) is 3.53. The van der Waals surface area contributed by atoms with Crippen LogP contribution >= 0.6 is 0 Å². The van der Waals surface area contributed by atoms with E-state index in [1.165, 1.54) is 0 Å². The number of hydrogen-bond donors (Lipinski definition) is 2. The predicted octanol–water partition coefficient (Wildman–Crippen LogP) is 0.185. The van der Waals surface area contributed by atoms with Gasteiger partial charge in [0, 0.05) is 24.7 Å². The van der Waals surface area contributed by atoms with Crippen LogP contribution in [0.15, 0.2) is 0 Å². The fraction of sp³-hybridized carbons (Fsp3) is 1.00. The van der Waals surface area contributed by atoms with E-state index in [1.807, 2.05) is 6.92 Å². The van der Waals surface area contributed by atoms with Gasteiger partial charge in [0.15, 0.2) is 0 Å². The lowest BCUT2D eigenvalue weighted by molar-refractivity contribution is 0.224. The largest absolute Gasteiger partial charge is 0.326 e. The molecule has 1 heterocycles. The molecule has 2 rings (SSSR count). The number of nitrogens with two attached hydrogens (primary N) is 1. The summed E-state index contributed by atoms with van der Waals surface area (Å²) in [5, 5.41) is 0. The Bertz CT molecular complexity index is 338. The van der Waals surface area contributed by atoms with Crippen LogP contribution < -0.4 is 10.5 Å². The molecule has 0 aromatic rings. The average Bonchev–Trinajstić information content (AvgIpc) is 3.01. The fourth-order valence-corrected chi connectivity index (χ4v) is 4.05. The molecule has 94 valence electrons. The van der Waals surface area contributed by atoms with Crippen molar-refractivity contribution in [3.63, 3.8) is 0 Å². The van der Waals surface area contributed by atoms with Crippen LogP contribution in [0.1, 0.15) is 39.0 Å². The van der Waals surface area contributed by atoms with E-state index in [2.05, 4.69) is 4.72 Å². The summed E-state index contributed by atoms with van der Waals surface area (Å²) in [7, 11) is -3.31. The molecule has 1 saturated carbocycles. The third-order valence-corrected chi connectivity index (χ3v) is 5.01. The number of hydrogen-bond acceptors (Lipinski definition) is 3. The summed E-state index contributed by atoms with van der Waals surface area (Å²) in [5.41, 5.74) is 5.87. The molecule has 0 radical (unpaired) electrons. The van der Waals surface area contributed by atoms with Gasteiger partial charge in [0.2, 0.25) is 0 Å². The molecule has 6 heteroatoms. The maximum Gasteiger partial charge on any atom is 0.280 e. The van der Waals surface area contributed by atoms with Gasteiger partial charge >= 0.3 is 0 Å². The van der Waals surface area contributed by atoms with Crippen LogP contribution in [-0.4, -0.2) is 37.4 Å². The zero-order valence-electron chi connectivity index (χ0n) is 9.72. The van der Waals surface area contributed by atoms with Crippen molar-refractivity contribution in [2.75, 3.05) is 6.54 Å². The molecular formula is C10H21N3O2S. The van der Waals surface area contributed by atoms with Crippen LogP contribution in [-0.2, 0) is 10.2 Å². The summed E-state index contributed by atoms with van der Waals surface area (Å²) in [5.74, 6) is 0. The maximum atomic E-state index is 12.1. The monoisotopic (exact) mass is 247 g/mol. The summed E-state index contributed by atoms with van der Waals surface area (Å²) in [6.45, 7) is 2.49. The molecule has 2 aliphatic rings. The highest BCUT2D eigenvalue weighted by atomic mass is 32.2. The van der Waals surface area contributed by atoms with E-state index in [9.17, 15) is 8.42 Å². The quantitative estimate of drug-likeness (QED) is 0.744. The first-order valence-electron chi connectivity index (χ1n) is 6.05. The van der Waals surface area contributed by atoms with Gasteiger partial charge in [0.05, 0.1) is 0 Å². The standard InChI is InChI=1S/C10H21N3O2S/c1-8(11)10-4-2-3-7-13(10)16(14,15)12-9-5-6-9/h8-10,12H,2-7,11H2,1H3. The molecule has 0 spiro atoms. The second kappa shape index (κ2) is 4.60. The molecule has 5 nitrogen and oxygen atoms in total. The second-order valence-corrected chi connectivity index (χ2v) is 6.58. The average molecular weight is 247 g/mol. The lowest BCUT2D eigenvalue weighted by atomic mass is 10.00. The van der Waals surface area contributed by atoms with E-state index in [1.54, 1.807) is 4.31 Å². The van der Waals surface area contributed by atoms with Crippen molar-refractivity contribution in [1.82, 2.24) is 9.03 Å². The highest BCUT2D eigenvalue weighted by molar-refractivity contribution is 7.87. The highest BCUT2D eigenvalue weighted by Gasteiger charge is 2.37. The fourth-order valence-electron chi connectivity index (χ4n) is 2.23. The first-order valence-corrected chi connectivity index (χ1v) is 7.49. The van der Waals surface area contributed by atoms with E-state index >= 15 is 0 Å². The van der Waals surface area contributed by atoms with Crippen LogP contribution in [0, 0.1) is 0 Å². The van der Waals surface area contributed by atoms with Crippen molar-refractivity contribution in [2.24, 2.45) is 5.73 Å². The molecule has 0 aromatic carbocycles. The van der Waals surface area contributed by atoms with E-state index in [0.717, 1.165) is 32.1 Å². The Morgan fingerprint density at radius 1 is 1.31 bits per heavy atom. The van der Waals surface area contributed by atoms with Crippen molar-refractivity contribution in [2.45, 2.75) is 57.2 Å². The predicted molar refractivity (Wildman–Crippen MR) is 63.1 cm³/mol. The van der Waals surface area contributed by atoms with Gasteiger partial charge in [-0.3, -0.25) is 0 Å². The number of nitrogens with zero attached hydrogens (tertiary/aromatic N) is 1. The SMILES string of the molecule is CC(N)C1CCCCN1S(=O)(=O)NC1CC1. The van der Waals surface area contributed by atoms with Crippen molar-refractivity contribution in [3.8, 4) is 0 Å². The third-order valence-electron chi connectivity index (χ3n) is 3.31. The molecule has 0 aromatic heterocycles. The van der Waals surface area contributed by atoms with Gasteiger partial charge < -0.3 is 5.73 Å². The number of nitrogens with one attached hydrogen (secondary N) is 1. The zero-order valence-corrected chi connectivity index (χ0v) is 10.5. The molecule has 0 amide bonds. The molecule has 16 heavy (non-hydrogen) atoms. The minimum absolute atomic E-state index is 0.0370. The summed E-state index contributed by atoms with van der Waals surface area (Å²) in [6.07, 6.45) is 4.82. The summed E-state index contributed by atoms with van der Waals surface area (Å²) in [6, 6.07) is 0.0294. The molecule has 2 atom stereocenters. The number of rotatable bonds is 4. The first kappa shape index (κ1) is 12.3. The van der Waals surface area contributed by atoms with Gasteiger partial charge in [-0.25, -0.2) is 0 Å². The smallest absolute Gasteiger partial charge is 0.280 e. The maximum absolute atomic E-state index is 12.1. The second-order valence-electron chi connectivity index (χ2n) is 4.93. The van der Waals surface area contributed by atoms with Crippen LogP contribution in [0.5, 0.6) is 0 Å². The molecule has 3 N–H and O–H groups in total. The normalized spacial score (nSPS) is 30.2. The van der Waals surface area contributed by atoms with Crippen molar-refractivity contribution < 1.29 is 8.42 Å². The topological polar surface area (TPSA) is 75.4 Å². The van der Waals surface area contributed by atoms with Crippen LogP contribution in [0.3, 0.4) is 0 Å². The van der Waals surface area contributed by atoms with E-state index in [4.69, 9.17) is 5.73 Å². The van der Waals surface area contributed by atoms with Gasteiger partial charge in [-0.05, 0) is 32.6 Å². The van der Waals surface area contributed by atoms with Crippen molar-refractivity contribution in [3.05, 3.63) is 0 Å². The Balaban J connectivity index is 2.08. The van der Waals surface area contributed by atoms with Gasteiger partial charge in [-0.15, -0.1) is 0 Å². The summed E-state index contributed by atoms with van der Waals surface area (Å²) in [4.78, 5) is 0. The Labute approximate surface area is 97.6 Å². The van der Waals surface area contributed by atoms with Gasteiger partial charge in [-0.1, -0.05) is 6.42 Å².